The summed E-state index contributed by atoms with van der Waals surface area (Å²) in [6.07, 6.45) is 3.67. The average molecular weight is 250 g/mol. The fourth-order valence-electron chi connectivity index (χ4n) is 1.79. The van der Waals surface area contributed by atoms with Crippen LogP contribution in [0, 0.1) is 0 Å². The van der Waals surface area contributed by atoms with Crippen LogP contribution in [0.25, 0.3) is 0 Å². The number of thiazole rings is 1. The molecule has 6 heteroatoms. The van der Waals surface area contributed by atoms with Crippen molar-refractivity contribution >= 4 is 28.9 Å². The first-order valence-electron chi connectivity index (χ1n) is 4.84. The zero-order valence-corrected chi connectivity index (χ0v) is 10.1. The van der Waals surface area contributed by atoms with Gasteiger partial charge >= 0.3 is 0 Å². The maximum atomic E-state index is 9.48. The lowest BCUT2D eigenvalue weighted by atomic mass is 10.1. The SMILES string of the molecule is Cl.Nc1ncc(CN2CCC[C@H](O)C2)s1. The first-order valence-corrected chi connectivity index (χ1v) is 5.66. The second kappa shape index (κ2) is 5.65. The summed E-state index contributed by atoms with van der Waals surface area (Å²) >= 11 is 1.53. The molecule has 1 fully saturated rings. The minimum Gasteiger partial charge on any atom is -0.392 e. The number of β-amino-alcohol motifs (C(OH)–C–C–N with tert-alkyl or cyclic N) is 1. The third-order valence-corrected chi connectivity index (χ3v) is 3.24. The Morgan fingerprint density at radius 1 is 1.67 bits per heavy atom. The number of aromatic nitrogens is 1. The zero-order chi connectivity index (χ0) is 9.97. The molecule has 3 N–H and O–H groups in total. The molecule has 1 aromatic heterocycles. The fourth-order valence-corrected chi connectivity index (χ4v) is 2.52. The fraction of sp³-hybridized carbons (Fsp3) is 0.667. The third kappa shape index (κ3) is 3.61. The number of rotatable bonds is 2. The molecule has 1 aliphatic heterocycles. The smallest absolute Gasteiger partial charge is 0.180 e. The molecule has 15 heavy (non-hydrogen) atoms. The summed E-state index contributed by atoms with van der Waals surface area (Å²) in [7, 11) is 0. The first-order chi connectivity index (χ1) is 6.74. The Balaban J connectivity index is 0.00000112. The van der Waals surface area contributed by atoms with E-state index in [1.807, 2.05) is 6.20 Å². The molecule has 0 spiro atoms. The lowest BCUT2D eigenvalue weighted by Crippen LogP contribution is -2.37. The highest BCUT2D eigenvalue weighted by Gasteiger charge is 2.18. The molecule has 1 saturated heterocycles. The van der Waals surface area contributed by atoms with Crippen molar-refractivity contribution in [1.29, 1.82) is 0 Å². The molecule has 1 aliphatic rings. The van der Waals surface area contributed by atoms with Crippen LogP contribution in [-0.4, -0.2) is 34.2 Å². The largest absolute Gasteiger partial charge is 0.392 e. The monoisotopic (exact) mass is 249 g/mol. The van der Waals surface area contributed by atoms with E-state index in [2.05, 4.69) is 9.88 Å². The summed E-state index contributed by atoms with van der Waals surface area (Å²) in [6.45, 7) is 2.71. The lowest BCUT2D eigenvalue weighted by molar-refractivity contribution is 0.0673. The molecule has 86 valence electrons. The van der Waals surface area contributed by atoms with Crippen LogP contribution in [0.4, 0.5) is 5.13 Å². The van der Waals surface area contributed by atoms with Crippen molar-refractivity contribution in [1.82, 2.24) is 9.88 Å². The van der Waals surface area contributed by atoms with E-state index in [0.29, 0.717) is 5.13 Å². The minimum absolute atomic E-state index is 0. The van der Waals surface area contributed by atoms with Gasteiger partial charge in [-0.05, 0) is 19.4 Å². The van der Waals surface area contributed by atoms with Gasteiger partial charge in [-0.1, -0.05) is 0 Å². The van der Waals surface area contributed by atoms with E-state index in [1.54, 1.807) is 0 Å². The van der Waals surface area contributed by atoms with Crippen LogP contribution in [0.5, 0.6) is 0 Å². The maximum Gasteiger partial charge on any atom is 0.180 e. The number of hydrogen-bond donors (Lipinski definition) is 2. The second-order valence-electron chi connectivity index (χ2n) is 3.70. The topological polar surface area (TPSA) is 62.4 Å². The predicted octanol–water partition coefficient (Wildman–Crippen LogP) is 1.10. The van der Waals surface area contributed by atoms with Crippen LogP contribution < -0.4 is 5.73 Å². The Kier molecular flexibility index (Phi) is 4.79. The quantitative estimate of drug-likeness (QED) is 0.824. The van der Waals surface area contributed by atoms with E-state index in [-0.39, 0.29) is 18.5 Å². The Morgan fingerprint density at radius 2 is 2.47 bits per heavy atom. The molecule has 0 aliphatic carbocycles. The maximum absolute atomic E-state index is 9.48. The molecule has 1 aromatic rings. The third-order valence-electron chi connectivity index (χ3n) is 2.43. The molecular weight excluding hydrogens is 234 g/mol. The second-order valence-corrected chi connectivity index (χ2v) is 4.84. The lowest BCUT2D eigenvalue weighted by Gasteiger charge is -2.29. The van der Waals surface area contributed by atoms with Gasteiger partial charge in [0, 0.05) is 24.2 Å². The molecular formula is C9H16ClN3OS. The standard InChI is InChI=1S/C9H15N3OS.ClH/c10-9-11-4-8(14-9)6-12-3-1-2-7(13)5-12;/h4,7,13H,1-3,5-6H2,(H2,10,11);1H/t7-;/m0./s1. The van der Waals surface area contributed by atoms with Crippen molar-refractivity contribution < 1.29 is 5.11 Å². The van der Waals surface area contributed by atoms with Gasteiger partial charge in [0.05, 0.1) is 6.10 Å². The van der Waals surface area contributed by atoms with Crippen molar-refractivity contribution in [3.05, 3.63) is 11.1 Å². The molecule has 0 radical (unpaired) electrons. The molecule has 2 rings (SSSR count). The summed E-state index contributed by atoms with van der Waals surface area (Å²) in [6, 6.07) is 0. The average Bonchev–Trinajstić information content (AvgIpc) is 2.51. The van der Waals surface area contributed by atoms with Crippen LogP contribution >= 0.6 is 23.7 Å². The van der Waals surface area contributed by atoms with E-state index < -0.39 is 0 Å². The summed E-state index contributed by atoms with van der Waals surface area (Å²) in [5, 5.41) is 10.1. The van der Waals surface area contributed by atoms with Gasteiger partial charge in [-0.25, -0.2) is 4.98 Å². The van der Waals surface area contributed by atoms with Gasteiger partial charge in [-0.3, -0.25) is 4.90 Å². The molecule has 0 saturated carbocycles. The number of piperidine rings is 1. The number of nitrogens with zero attached hydrogens (tertiary/aromatic N) is 2. The van der Waals surface area contributed by atoms with E-state index in [9.17, 15) is 5.11 Å². The van der Waals surface area contributed by atoms with Crippen LogP contribution in [-0.2, 0) is 6.54 Å². The van der Waals surface area contributed by atoms with Gasteiger partial charge in [0.25, 0.3) is 0 Å². The van der Waals surface area contributed by atoms with Crippen molar-refractivity contribution in [3.8, 4) is 0 Å². The van der Waals surface area contributed by atoms with Gasteiger partial charge in [0.2, 0.25) is 0 Å². The van der Waals surface area contributed by atoms with Crippen molar-refractivity contribution in [2.45, 2.75) is 25.5 Å². The van der Waals surface area contributed by atoms with Crippen molar-refractivity contribution in [3.63, 3.8) is 0 Å². The molecule has 2 heterocycles. The Bertz CT molecular complexity index is 307. The Morgan fingerprint density at radius 3 is 3.07 bits per heavy atom. The highest BCUT2D eigenvalue weighted by molar-refractivity contribution is 7.15. The van der Waals surface area contributed by atoms with Gasteiger partial charge in [0.15, 0.2) is 5.13 Å². The number of nitrogen functional groups attached to an aromatic ring is 1. The number of likely N-dealkylation sites (tertiary alicyclic amines) is 1. The molecule has 0 bridgehead atoms. The normalized spacial score (nSPS) is 22.3. The molecule has 0 amide bonds. The first kappa shape index (κ1) is 12.7. The van der Waals surface area contributed by atoms with Gasteiger partial charge in [-0.2, -0.15) is 0 Å². The summed E-state index contributed by atoms with van der Waals surface area (Å²) in [4.78, 5) is 7.44. The Hall–Kier alpha value is -0.360. The molecule has 0 aromatic carbocycles. The van der Waals surface area contributed by atoms with E-state index in [1.165, 1.54) is 16.2 Å². The van der Waals surface area contributed by atoms with E-state index in [0.717, 1.165) is 32.5 Å². The number of nitrogens with two attached hydrogens (primary N) is 1. The van der Waals surface area contributed by atoms with Crippen LogP contribution in [0.2, 0.25) is 0 Å². The van der Waals surface area contributed by atoms with Crippen molar-refractivity contribution in [2.75, 3.05) is 18.8 Å². The summed E-state index contributed by atoms with van der Waals surface area (Å²) in [5.74, 6) is 0. The van der Waals surface area contributed by atoms with E-state index >= 15 is 0 Å². The predicted molar refractivity (Wildman–Crippen MR) is 64.3 cm³/mol. The highest BCUT2D eigenvalue weighted by Crippen LogP contribution is 2.19. The van der Waals surface area contributed by atoms with Crippen LogP contribution in [0.15, 0.2) is 6.20 Å². The van der Waals surface area contributed by atoms with Gasteiger partial charge < -0.3 is 10.8 Å². The summed E-state index contributed by atoms with van der Waals surface area (Å²) in [5.41, 5.74) is 5.55. The van der Waals surface area contributed by atoms with Gasteiger partial charge in [-0.15, -0.1) is 23.7 Å². The van der Waals surface area contributed by atoms with Crippen LogP contribution in [0.1, 0.15) is 17.7 Å². The highest BCUT2D eigenvalue weighted by atomic mass is 35.5. The number of anilines is 1. The van der Waals surface area contributed by atoms with Gasteiger partial charge in [0.1, 0.15) is 0 Å². The molecule has 1 atom stereocenters. The Labute approximate surface area is 99.5 Å². The minimum atomic E-state index is -0.158. The number of aliphatic hydroxyl groups excluding tert-OH is 1. The number of halogens is 1. The number of hydrogen-bond acceptors (Lipinski definition) is 5. The molecule has 0 unspecified atom stereocenters. The zero-order valence-electron chi connectivity index (χ0n) is 8.43. The van der Waals surface area contributed by atoms with Crippen molar-refractivity contribution in [2.24, 2.45) is 0 Å². The number of aliphatic hydroxyl groups is 1. The summed E-state index contributed by atoms with van der Waals surface area (Å²) < 4.78 is 0. The van der Waals surface area contributed by atoms with Crippen LogP contribution in [0.3, 0.4) is 0 Å². The molecule has 4 nitrogen and oxygen atoms in total. The van der Waals surface area contributed by atoms with E-state index in [4.69, 9.17) is 5.73 Å².